The van der Waals surface area contributed by atoms with Crippen LogP contribution in [0.5, 0.6) is 0 Å². The first kappa shape index (κ1) is 23.2. The van der Waals surface area contributed by atoms with Gasteiger partial charge < -0.3 is 15.3 Å². The number of hydrogen-bond donors (Lipinski definition) is 3. The molecule has 3 aliphatic carbocycles. The molecular formula is C27H40O3. The van der Waals surface area contributed by atoms with Crippen LogP contribution in [-0.2, 0) is 0 Å². The fraction of sp³-hybridized carbons (Fsp3) is 0.630. The van der Waals surface area contributed by atoms with E-state index in [4.69, 9.17) is 0 Å². The van der Waals surface area contributed by atoms with Crippen LogP contribution in [0.15, 0.2) is 59.3 Å². The highest BCUT2D eigenvalue weighted by atomic mass is 16.3. The number of rotatable bonds is 5. The van der Waals surface area contributed by atoms with Crippen LogP contribution in [0.3, 0.4) is 0 Å². The van der Waals surface area contributed by atoms with Crippen LogP contribution < -0.4 is 0 Å². The zero-order valence-electron chi connectivity index (χ0n) is 19.2. The third kappa shape index (κ3) is 5.07. The Balaban J connectivity index is 1.75. The Bertz CT molecular complexity index is 776. The van der Waals surface area contributed by atoms with Crippen LogP contribution >= 0.6 is 0 Å². The van der Waals surface area contributed by atoms with Gasteiger partial charge in [0.05, 0.1) is 17.8 Å². The second-order valence-corrected chi connectivity index (χ2v) is 10.5. The molecule has 3 heteroatoms. The van der Waals surface area contributed by atoms with E-state index in [0.717, 1.165) is 30.4 Å². The lowest BCUT2D eigenvalue weighted by Crippen LogP contribution is -2.32. The largest absolute Gasteiger partial charge is 0.393 e. The van der Waals surface area contributed by atoms with Crippen LogP contribution in [0.25, 0.3) is 0 Å². The molecule has 30 heavy (non-hydrogen) atoms. The van der Waals surface area contributed by atoms with Crippen LogP contribution in [-0.4, -0.2) is 33.1 Å². The zero-order chi connectivity index (χ0) is 22.1. The Morgan fingerprint density at radius 3 is 2.73 bits per heavy atom. The fourth-order valence-electron chi connectivity index (χ4n) is 5.77. The zero-order valence-corrected chi connectivity index (χ0v) is 19.2. The van der Waals surface area contributed by atoms with Gasteiger partial charge in [0, 0.05) is 6.42 Å². The summed E-state index contributed by atoms with van der Waals surface area (Å²) in [5.74, 6) is 1.00. The van der Waals surface area contributed by atoms with E-state index in [1.54, 1.807) is 5.57 Å². The molecule has 0 saturated heterocycles. The van der Waals surface area contributed by atoms with Gasteiger partial charge in [-0.3, -0.25) is 0 Å². The highest BCUT2D eigenvalue weighted by molar-refractivity contribution is 5.40. The molecule has 5 atom stereocenters. The lowest BCUT2D eigenvalue weighted by molar-refractivity contribution is 0.0862. The molecule has 3 rings (SSSR count). The predicted octanol–water partition coefficient (Wildman–Crippen LogP) is 5.40. The SMILES string of the molecule is C=C1/C(=C\C=C2/CCC[C@]3(C)C([C@@H](C)C/C=C/C(C)(C)O)=CC[C@@H]23)C[C@@H](O)C[C@@H]1O. The summed E-state index contributed by atoms with van der Waals surface area (Å²) in [4.78, 5) is 0. The van der Waals surface area contributed by atoms with Crippen molar-refractivity contribution < 1.29 is 15.3 Å². The van der Waals surface area contributed by atoms with Gasteiger partial charge >= 0.3 is 0 Å². The Morgan fingerprint density at radius 1 is 1.30 bits per heavy atom. The monoisotopic (exact) mass is 412 g/mol. The number of aliphatic hydroxyl groups excluding tert-OH is 2. The summed E-state index contributed by atoms with van der Waals surface area (Å²) in [6, 6.07) is 0. The average molecular weight is 413 g/mol. The maximum Gasteiger partial charge on any atom is 0.0811 e. The van der Waals surface area contributed by atoms with Gasteiger partial charge in [-0.05, 0) is 80.8 Å². The molecule has 3 aliphatic rings. The third-order valence-electron chi connectivity index (χ3n) is 7.42. The number of hydrogen-bond acceptors (Lipinski definition) is 3. The van der Waals surface area contributed by atoms with Crippen LogP contribution in [0.2, 0.25) is 0 Å². The summed E-state index contributed by atoms with van der Waals surface area (Å²) >= 11 is 0. The van der Waals surface area contributed by atoms with Gasteiger partial charge in [0.2, 0.25) is 0 Å². The molecule has 3 nitrogen and oxygen atoms in total. The molecule has 0 aliphatic heterocycles. The minimum atomic E-state index is -0.755. The van der Waals surface area contributed by atoms with Crippen molar-refractivity contribution in [2.45, 2.75) is 90.4 Å². The predicted molar refractivity (Wildman–Crippen MR) is 124 cm³/mol. The third-order valence-corrected chi connectivity index (χ3v) is 7.42. The minimum absolute atomic E-state index is 0.202. The van der Waals surface area contributed by atoms with Crippen molar-refractivity contribution >= 4 is 0 Å². The van der Waals surface area contributed by atoms with Crippen LogP contribution in [0, 0.1) is 17.3 Å². The summed E-state index contributed by atoms with van der Waals surface area (Å²) in [6.45, 7) is 12.4. The smallest absolute Gasteiger partial charge is 0.0811 e. The lowest BCUT2D eigenvalue weighted by Gasteiger charge is -2.42. The van der Waals surface area contributed by atoms with Crippen molar-refractivity contribution in [1.82, 2.24) is 0 Å². The van der Waals surface area contributed by atoms with Crippen molar-refractivity contribution in [2.75, 3.05) is 0 Å². The maximum atomic E-state index is 10.1. The van der Waals surface area contributed by atoms with Crippen molar-refractivity contribution in [2.24, 2.45) is 17.3 Å². The Kier molecular flexibility index (Phi) is 6.96. The summed E-state index contributed by atoms with van der Waals surface area (Å²) in [7, 11) is 0. The van der Waals surface area contributed by atoms with E-state index in [2.05, 4.69) is 44.7 Å². The van der Waals surface area contributed by atoms with Crippen molar-refractivity contribution in [3.05, 3.63) is 59.3 Å². The van der Waals surface area contributed by atoms with E-state index < -0.39 is 17.8 Å². The summed E-state index contributed by atoms with van der Waals surface area (Å²) in [6.07, 6.45) is 16.3. The van der Waals surface area contributed by atoms with E-state index in [-0.39, 0.29) is 5.41 Å². The Labute approximate surface area is 182 Å². The maximum absolute atomic E-state index is 10.1. The minimum Gasteiger partial charge on any atom is -0.393 e. The molecule has 0 heterocycles. The van der Waals surface area contributed by atoms with Gasteiger partial charge in [-0.15, -0.1) is 0 Å². The second kappa shape index (κ2) is 8.98. The topological polar surface area (TPSA) is 60.7 Å². The Morgan fingerprint density at radius 2 is 2.03 bits per heavy atom. The molecule has 0 bridgehead atoms. The van der Waals surface area contributed by atoms with Crippen molar-refractivity contribution in [3.63, 3.8) is 0 Å². The summed E-state index contributed by atoms with van der Waals surface area (Å²) in [5, 5.41) is 30.1. The molecule has 0 unspecified atom stereocenters. The van der Waals surface area contributed by atoms with Crippen molar-refractivity contribution in [1.29, 1.82) is 0 Å². The molecule has 2 fully saturated rings. The molecule has 2 saturated carbocycles. The number of aliphatic hydroxyl groups is 3. The molecule has 0 spiro atoms. The normalized spacial score (nSPS) is 36.4. The molecule has 0 aromatic carbocycles. The molecule has 0 amide bonds. The first-order chi connectivity index (χ1) is 14.0. The lowest BCUT2D eigenvalue weighted by atomic mass is 9.62. The average Bonchev–Trinajstić information content (AvgIpc) is 3.00. The van der Waals surface area contributed by atoms with E-state index in [1.165, 1.54) is 18.4 Å². The fourth-order valence-corrected chi connectivity index (χ4v) is 5.77. The molecular weight excluding hydrogens is 372 g/mol. The molecule has 0 radical (unpaired) electrons. The van der Waals surface area contributed by atoms with E-state index in [1.807, 2.05) is 19.9 Å². The van der Waals surface area contributed by atoms with E-state index in [9.17, 15) is 15.3 Å². The standard InChI is InChI=1S/C27H40O3/c1-18(8-6-14-26(3,4)30)23-12-13-24-20(9-7-15-27(23,24)5)10-11-21-16-22(28)17-25(29)19(21)2/h6,10-12,14,18,22,24-25,28-30H,2,7-9,13,15-17H2,1,3-5H3/b14-6+,20-10+,21-11-/t18-,22+,24-,25-,27+/m0/s1. The van der Waals surface area contributed by atoms with Gasteiger partial charge in [0.15, 0.2) is 0 Å². The molecule has 166 valence electrons. The molecule has 3 N–H and O–H groups in total. The van der Waals surface area contributed by atoms with Gasteiger partial charge in [0.25, 0.3) is 0 Å². The second-order valence-electron chi connectivity index (χ2n) is 10.5. The highest BCUT2D eigenvalue weighted by Crippen LogP contribution is 2.56. The van der Waals surface area contributed by atoms with Gasteiger partial charge in [-0.1, -0.05) is 62.0 Å². The number of allylic oxidation sites excluding steroid dienone is 6. The summed E-state index contributed by atoms with van der Waals surface area (Å²) < 4.78 is 0. The first-order valence-corrected chi connectivity index (χ1v) is 11.6. The van der Waals surface area contributed by atoms with E-state index >= 15 is 0 Å². The quantitative estimate of drug-likeness (QED) is 0.530. The van der Waals surface area contributed by atoms with Gasteiger partial charge in [-0.2, -0.15) is 0 Å². The van der Waals surface area contributed by atoms with Crippen molar-refractivity contribution in [3.8, 4) is 0 Å². The molecule has 0 aromatic rings. The van der Waals surface area contributed by atoms with Gasteiger partial charge in [-0.25, -0.2) is 0 Å². The van der Waals surface area contributed by atoms with E-state index in [0.29, 0.717) is 24.7 Å². The van der Waals surface area contributed by atoms with Crippen LogP contribution in [0.1, 0.15) is 72.6 Å². The molecule has 0 aromatic heterocycles. The highest BCUT2D eigenvalue weighted by Gasteiger charge is 2.45. The first-order valence-electron chi connectivity index (χ1n) is 11.6. The number of fused-ring (bicyclic) bond motifs is 1. The van der Waals surface area contributed by atoms with Crippen LogP contribution in [0.4, 0.5) is 0 Å². The van der Waals surface area contributed by atoms with Gasteiger partial charge in [0.1, 0.15) is 0 Å². The summed E-state index contributed by atoms with van der Waals surface area (Å²) in [5.41, 5.74) is 4.25. The Hall–Kier alpha value is -1.42.